The lowest BCUT2D eigenvalue weighted by molar-refractivity contribution is 0.0824. The molecule has 174 valence electrons. The number of carbonyl (C=O) groups excluding carboxylic acids is 1. The van der Waals surface area contributed by atoms with E-state index in [2.05, 4.69) is 45.3 Å². The minimum Gasteiger partial charge on any atom is -0.357 e. The van der Waals surface area contributed by atoms with Crippen LogP contribution in [0.5, 0.6) is 0 Å². The van der Waals surface area contributed by atoms with Gasteiger partial charge in [0.2, 0.25) is 0 Å². The molecule has 3 aromatic heterocycles. The predicted molar refractivity (Wildman–Crippen MR) is 132 cm³/mol. The molecule has 1 amide bonds. The van der Waals surface area contributed by atoms with E-state index in [0.717, 1.165) is 68.1 Å². The molecule has 1 spiro atoms. The predicted octanol–water partition coefficient (Wildman–Crippen LogP) is 2.87. The summed E-state index contributed by atoms with van der Waals surface area (Å²) in [5, 5.41) is 6.63. The summed E-state index contributed by atoms with van der Waals surface area (Å²) in [4.78, 5) is 25.1. The van der Waals surface area contributed by atoms with Gasteiger partial charge in [-0.1, -0.05) is 0 Å². The number of fused-ring (bicyclic) bond motifs is 5. The second-order valence-corrected chi connectivity index (χ2v) is 10.4. The van der Waals surface area contributed by atoms with Gasteiger partial charge in [0.25, 0.3) is 5.91 Å². The third-order valence-corrected chi connectivity index (χ3v) is 8.26. The molecule has 0 saturated carbocycles. The Morgan fingerprint density at radius 2 is 1.88 bits per heavy atom. The largest absolute Gasteiger partial charge is 0.357 e. The van der Waals surface area contributed by atoms with Gasteiger partial charge in [-0.3, -0.25) is 9.78 Å². The van der Waals surface area contributed by atoms with E-state index in [9.17, 15) is 4.79 Å². The lowest BCUT2D eigenvalue weighted by atomic mass is 9.81. The van der Waals surface area contributed by atoms with Crippen LogP contribution in [-0.2, 0) is 26.3 Å². The van der Waals surface area contributed by atoms with Crippen molar-refractivity contribution < 1.29 is 4.79 Å². The van der Waals surface area contributed by atoms with Gasteiger partial charge in [-0.05, 0) is 61.4 Å². The summed E-state index contributed by atoms with van der Waals surface area (Å²) in [6.45, 7) is 3.88. The first-order chi connectivity index (χ1) is 16.6. The Bertz CT molecular complexity index is 1300. The molecule has 0 aromatic carbocycles. The molecule has 3 aliphatic heterocycles. The Morgan fingerprint density at radius 1 is 1.03 bits per heavy atom. The maximum absolute atomic E-state index is 13.2. The van der Waals surface area contributed by atoms with Gasteiger partial charge < -0.3 is 20.1 Å². The lowest BCUT2D eigenvalue weighted by Crippen LogP contribution is -2.71. The molecule has 34 heavy (non-hydrogen) atoms. The van der Waals surface area contributed by atoms with Crippen LogP contribution in [0.15, 0.2) is 30.6 Å². The fourth-order valence-electron chi connectivity index (χ4n) is 6.34. The summed E-state index contributed by atoms with van der Waals surface area (Å²) in [6.07, 6.45) is 10.5. The van der Waals surface area contributed by atoms with Gasteiger partial charge in [0, 0.05) is 68.9 Å². The molecule has 3 aromatic rings. The minimum atomic E-state index is -0.118. The number of pyridine rings is 2. The zero-order valence-corrected chi connectivity index (χ0v) is 19.7. The molecule has 1 aliphatic carbocycles. The third-order valence-electron chi connectivity index (χ3n) is 8.26. The van der Waals surface area contributed by atoms with Crippen molar-refractivity contribution in [1.82, 2.24) is 25.2 Å². The number of hydrogen-bond donors (Lipinski definition) is 2. The lowest BCUT2D eigenvalue weighted by Gasteiger charge is -2.45. The summed E-state index contributed by atoms with van der Waals surface area (Å²) in [5.41, 5.74) is 8.78. The van der Waals surface area contributed by atoms with Crippen molar-refractivity contribution in [2.75, 3.05) is 31.1 Å². The third kappa shape index (κ3) is 2.96. The van der Waals surface area contributed by atoms with Crippen molar-refractivity contribution in [3.8, 4) is 22.5 Å². The van der Waals surface area contributed by atoms with E-state index in [-0.39, 0.29) is 11.4 Å². The van der Waals surface area contributed by atoms with Crippen molar-refractivity contribution in [2.45, 2.75) is 44.1 Å². The van der Waals surface area contributed by atoms with E-state index >= 15 is 0 Å². The second kappa shape index (κ2) is 7.40. The second-order valence-electron chi connectivity index (χ2n) is 10.4. The van der Waals surface area contributed by atoms with Crippen LogP contribution in [0.25, 0.3) is 22.5 Å². The summed E-state index contributed by atoms with van der Waals surface area (Å²) in [5.74, 6) is 1.15. The van der Waals surface area contributed by atoms with Gasteiger partial charge >= 0.3 is 0 Å². The molecule has 0 bridgehead atoms. The summed E-state index contributed by atoms with van der Waals surface area (Å²) in [6, 6.07) is 6.48. The number of anilines is 1. The Balaban J connectivity index is 1.27. The zero-order chi connectivity index (χ0) is 22.9. The maximum Gasteiger partial charge on any atom is 0.253 e. The molecule has 0 radical (unpaired) electrons. The number of piperidine rings is 1. The van der Waals surface area contributed by atoms with Crippen molar-refractivity contribution in [3.05, 3.63) is 53.0 Å². The molecule has 0 atom stereocenters. The van der Waals surface area contributed by atoms with Crippen molar-refractivity contribution in [1.29, 1.82) is 0 Å². The number of nitrogens with one attached hydrogen (secondary N) is 2. The van der Waals surface area contributed by atoms with Crippen molar-refractivity contribution in [2.24, 2.45) is 7.05 Å². The van der Waals surface area contributed by atoms with Gasteiger partial charge in [-0.15, -0.1) is 0 Å². The Morgan fingerprint density at radius 3 is 2.62 bits per heavy atom. The fraction of sp³-hybridized carbons (Fsp3) is 0.444. The van der Waals surface area contributed by atoms with Crippen LogP contribution in [0.1, 0.15) is 46.4 Å². The smallest absolute Gasteiger partial charge is 0.253 e. The molecule has 7 rings (SSSR count). The molecule has 0 unspecified atom stereocenters. The van der Waals surface area contributed by atoms with Crippen LogP contribution in [0, 0.1) is 0 Å². The number of carbonyl (C=O) groups is 1. The van der Waals surface area contributed by atoms with E-state index in [4.69, 9.17) is 9.97 Å². The number of hydrogen-bond acceptors (Lipinski definition) is 5. The van der Waals surface area contributed by atoms with Gasteiger partial charge in [-0.25, -0.2) is 4.98 Å². The normalized spacial score (nSPS) is 20.3. The Kier molecular flexibility index (Phi) is 4.40. The van der Waals surface area contributed by atoms with Crippen LogP contribution in [0.4, 0.5) is 5.82 Å². The van der Waals surface area contributed by atoms with Gasteiger partial charge in [0.05, 0.1) is 22.5 Å². The van der Waals surface area contributed by atoms with Crippen LogP contribution in [0.2, 0.25) is 0 Å². The quantitative estimate of drug-likeness (QED) is 0.623. The van der Waals surface area contributed by atoms with Crippen LogP contribution < -0.4 is 15.5 Å². The van der Waals surface area contributed by atoms with Gasteiger partial charge in [0.1, 0.15) is 5.82 Å². The Hall–Kier alpha value is -3.19. The number of nitrogens with zero attached hydrogens (tertiary/aromatic N) is 4. The molecule has 7 nitrogen and oxygen atoms in total. The van der Waals surface area contributed by atoms with Gasteiger partial charge in [-0.2, -0.15) is 0 Å². The first-order valence-electron chi connectivity index (χ1n) is 12.6. The van der Waals surface area contributed by atoms with Crippen molar-refractivity contribution >= 4 is 11.7 Å². The zero-order valence-electron chi connectivity index (χ0n) is 19.7. The van der Waals surface area contributed by atoms with E-state index in [1.54, 1.807) is 0 Å². The SMILES string of the molecule is Cn1c2c(c3c1-c1cc(-c4ccc(N5CCCCC5)nc4)ncc1CC3)C(=O)NC1(CNC1)C2. The van der Waals surface area contributed by atoms with E-state index in [0.29, 0.717) is 0 Å². The highest BCUT2D eigenvalue weighted by Gasteiger charge is 2.46. The topological polar surface area (TPSA) is 75.1 Å². The first-order valence-corrected chi connectivity index (χ1v) is 12.6. The number of rotatable bonds is 2. The molecule has 6 heterocycles. The van der Waals surface area contributed by atoms with Gasteiger partial charge in [0.15, 0.2) is 0 Å². The standard InChI is InChI=1S/C27H30N6O/c1-32-22-12-27(15-28-16-27)31-26(34)24(22)19-7-5-17-13-29-21(11-20(17)25(19)32)18-6-8-23(30-14-18)33-9-3-2-4-10-33/h6,8,11,13-14,28H,2-5,7,9-10,12,15-16H2,1H3,(H,31,34). The van der Waals surface area contributed by atoms with Crippen LogP contribution in [0.3, 0.4) is 0 Å². The van der Waals surface area contributed by atoms with Crippen LogP contribution >= 0.6 is 0 Å². The first kappa shape index (κ1) is 20.2. The average molecular weight is 455 g/mol. The number of aryl methyl sites for hydroxylation is 1. The number of aromatic nitrogens is 3. The molecule has 2 N–H and O–H groups in total. The molecular weight excluding hydrogens is 424 g/mol. The molecule has 2 fully saturated rings. The molecule has 4 aliphatic rings. The monoisotopic (exact) mass is 454 g/mol. The molecule has 7 heteroatoms. The van der Waals surface area contributed by atoms with E-state index < -0.39 is 0 Å². The highest BCUT2D eigenvalue weighted by molar-refractivity contribution is 6.01. The summed E-state index contributed by atoms with van der Waals surface area (Å²) < 4.78 is 2.28. The fourth-order valence-corrected chi connectivity index (χ4v) is 6.34. The summed E-state index contributed by atoms with van der Waals surface area (Å²) >= 11 is 0. The average Bonchev–Trinajstić information content (AvgIpc) is 3.16. The highest BCUT2D eigenvalue weighted by atomic mass is 16.2. The highest BCUT2D eigenvalue weighted by Crippen LogP contribution is 2.42. The summed E-state index contributed by atoms with van der Waals surface area (Å²) in [7, 11) is 2.13. The maximum atomic E-state index is 13.2. The van der Waals surface area contributed by atoms with E-state index in [1.807, 2.05) is 12.4 Å². The van der Waals surface area contributed by atoms with Crippen LogP contribution in [-0.4, -0.2) is 52.2 Å². The molecular formula is C27H30N6O. The molecule has 2 saturated heterocycles. The van der Waals surface area contributed by atoms with Crippen molar-refractivity contribution in [3.63, 3.8) is 0 Å². The van der Waals surface area contributed by atoms with E-state index in [1.165, 1.54) is 47.3 Å². The minimum absolute atomic E-state index is 0.0924. The Labute approximate surface area is 199 Å². The number of amides is 1.